The first-order chi connectivity index (χ1) is 16.1. The summed E-state index contributed by atoms with van der Waals surface area (Å²) in [6.45, 7) is 1.91. The third-order valence-corrected chi connectivity index (χ3v) is 5.78. The van der Waals surface area contributed by atoms with Crippen molar-refractivity contribution in [3.05, 3.63) is 107 Å². The van der Waals surface area contributed by atoms with Crippen molar-refractivity contribution in [1.82, 2.24) is 4.90 Å². The Hall–Kier alpha value is -3.73. The van der Waals surface area contributed by atoms with E-state index in [1.165, 1.54) is 18.2 Å². The maximum Gasteiger partial charge on any atom is 0.251 e. The number of amides is 2. The molecule has 168 valence electrons. The van der Waals surface area contributed by atoms with E-state index in [2.05, 4.69) is 0 Å². The Balaban J connectivity index is 1.53. The molecule has 0 atom stereocenters. The molecule has 0 aliphatic carbocycles. The van der Waals surface area contributed by atoms with Crippen LogP contribution in [0.15, 0.2) is 84.9 Å². The van der Waals surface area contributed by atoms with Crippen LogP contribution in [0, 0.1) is 5.82 Å². The van der Waals surface area contributed by atoms with Gasteiger partial charge < -0.3 is 9.80 Å². The van der Waals surface area contributed by atoms with E-state index in [0.29, 0.717) is 17.7 Å². The number of hydrogen-bond donors (Lipinski definition) is 0. The van der Waals surface area contributed by atoms with E-state index in [4.69, 9.17) is 0 Å². The smallest absolute Gasteiger partial charge is 0.251 e. The summed E-state index contributed by atoms with van der Waals surface area (Å²) >= 11 is 0. The van der Waals surface area contributed by atoms with Gasteiger partial charge in [0, 0.05) is 24.9 Å². The predicted molar refractivity (Wildman–Crippen MR) is 129 cm³/mol. The Bertz CT molecular complexity index is 1120. The Morgan fingerprint density at radius 1 is 0.879 bits per heavy atom. The van der Waals surface area contributed by atoms with E-state index in [-0.39, 0.29) is 24.2 Å². The molecule has 0 saturated carbocycles. The van der Waals surface area contributed by atoms with Crippen molar-refractivity contribution in [2.75, 3.05) is 18.0 Å². The molecule has 1 saturated heterocycles. The number of benzene rings is 3. The number of hydrogen-bond acceptors (Lipinski definition) is 2. The minimum absolute atomic E-state index is 0.138. The molecule has 0 radical (unpaired) electrons. The standard InChI is InChI=1S/C28H27FN2O2/c29-25-10-6-9-24(19-25)21-31(27(32)16-13-22-7-2-1-3-8-22)26-14-11-23(12-15-26)20-28(33)30-17-4-5-18-30/h1-3,6-16,19H,4-5,17-18,20-21H2. The molecular weight excluding hydrogens is 415 g/mol. The van der Waals surface area contributed by atoms with Crippen molar-refractivity contribution in [1.29, 1.82) is 0 Å². The Morgan fingerprint density at radius 2 is 1.61 bits per heavy atom. The molecule has 0 bridgehead atoms. The van der Waals surface area contributed by atoms with Gasteiger partial charge in [0.1, 0.15) is 5.82 Å². The van der Waals surface area contributed by atoms with E-state index in [0.717, 1.165) is 37.1 Å². The highest BCUT2D eigenvalue weighted by molar-refractivity contribution is 6.03. The molecular formula is C28H27FN2O2. The van der Waals surface area contributed by atoms with Crippen LogP contribution >= 0.6 is 0 Å². The maximum atomic E-state index is 13.7. The normalized spacial score (nSPS) is 13.4. The Kier molecular flexibility index (Phi) is 7.30. The molecule has 0 aromatic heterocycles. The van der Waals surface area contributed by atoms with Crippen molar-refractivity contribution in [2.45, 2.75) is 25.8 Å². The van der Waals surface area contributed by atoms with Gasteiger partial charge in [-0.3, -0.25) is 9.59 Å². The summed E-state index contributed by atoms with van der Waals surface area (Å²) in [6.07, 6.45) is 5.78. The first-order valence-corrected chi connectivity index (χ1v) is 11.2. The highest BCUT2D eigenvalue weighted by Crippen LogP contribution is 2.21. The average Bonchev–Trinajstić information content (AvgIpc) is 3.38. The largest absolute Gasteiger partial charge is 0.342 e. The summed E-state index contributed by atoms with van der Waals surface area (Å²) in [4.78, 5) is 29.1. The number of carbonyl (C=O) groups excluding carboxylic acids is 2. The second kappa shape index (κ2) is 10.7. The lowest BCUT2D eigenvalue weighted by atomic mass is 10.1. The van der Waals surface area contributed by atoms with Crippen molar-refractivity contribution in [3.8, 4) is 0 Å². The lowest BCUT2D eigenvalue weighted by Crippen LogP contribution is -2.29. The summed E-state index contributed by atoms with van der Waals surface area (Å²) in [5, 5.41) is 0. The van der Waals surface area contributed by atoms with Gasteiger partial charge in [0.25, 0.3) is 5.91 Å². The molecule has 4 nitrogen and oxygen atoms in total. The third kappa shape index (κ3) is 6.16. The third-order valence-electron chi connectivity index (χ3n) is 5.78. The Morgan fingerprint density at radius 3 is 2.30 bits per heavy atom. The van der Waals surface area contributed by atoms with E-state index < -0.39 is 0 Å². The van der Waals surface area contributed by atoms with Gasteiger partial charge in [-0.15, -0.1) is 0 Å². The molecule has 3 aromatic carbocycles. The van der Waals surface area contributed by atoms with E-state index in [1.54, 1.807) is 23.1 Å². The second-order valence-corrected chi connectivity index (χ2v) is 8.23. The minimum Gasteiger partial charge on any atom is -0.342 e. The monoisotopic (exact) mass is 442 g/mol. The molecule has 4 rings (SSSR count). The number of carbonyl (C=O) groups is 2. The van der Waals surface area contributed by atoms with Crippen LogP contribution in [0.1, 0.15) is 29.5 Å². The van der Waals surface area contributed by atoms with Gasteiger partial charge >= 0.3 is 0 Å². The zero-order chi connectivity index (χ0) is 23.0. The van der Waals surface area contributed by atoms with Gasteiger partial charge in [-0.2, -0.15) is 0 Å². The van der Waals surface area contributed by atoms with Crippen LogP contribution in [0.25, 0.3) is 6.08 Å². The van der Waals surface area contributed by atoms with Crippen molar-refractivity contribution < 1.29 is 14.0 Å². The topological polar surface area (TPSA) is 40.6 Å². The SMILES string of the molecule is O=C(Cc1ccc(N(Cc2cccc(F)c2)C(=O)C=Cc2ccccc2)cc1)N1CCCC1. The van der Waals surface area contributed by atoms with E-state index >= 15 is 0 Å². The highest BCUT2D eigenvalue weighted by Gasteiger charge is 2.19. The first kappa shape index (κ1) is 22.5. The zero-order valence-corrected chi connectivity index (χ0v) is 18.5. The van der Waals surface area contributed by atoms with Gasteiger partial charge in [-0.05, 0) is 59.9 Å². The quantitative estimate of drug-likeness (QED) is 0.470. The summed E-state index contributed by atoms with van der Waals surface area (Å²) in [5.74, 6) is -0.404. The summed E-state index contributed by atoms with van der Waals surface area (Å²) in [5.41, 5.74) is 3.23. The number of rotatable bonds is 7. The van der Waals surface area contributed by atoms with Crippen LogP contribution in [-0.2, 0) is 22.6 Å². The molecule has 2 amide bonds. The summed E-state index contributed by atoms with van der Waals surface area (Å²) < 4.78 is 13.7. The molecule has 0 spiro atoms. The molecule has 1 aliphatic heterocycles. The van der Waals surface area contributed by atoms with Crippen molar-refractivity contribution in [3.63, 3.8) is 0 Å². The highest BCUT2D eigenvalue weighted by atomic mass is 19.1. The lowest BCUT2D eigenvalue weighted by Gasteiger charge is -2.22. The van der Waals surface area contributed by atoms with E-state index in [1.807, 2.05) is 59.5 Å². The van der Waals surface area contributed by atoms with Gasteiger partial charge in [0.2, 0.25) is 5.91 Å². The lowest BCUT2D eigenvalue weighted by molar-refractivity contribution is -0.129. The summed E-state index contributed by atoms with van der Waals surface area (Å²) in [6, 6.07) is 23.3. The van der Waals surface area contributed by atoms with Gasteiger partial charge in [0.05, 0.1) is 13.0 Å². The van der Waals surface area contributed by atoms with Crippen LogP contribution in [-0.4, -0.2) is 29.8 Å². The molecule has 1 aliphatic rings. The van der Waals surface area contributed by atoms with Crippen molar-refractivity contribution >= 4 is 23.6 Å². The van der Waals surface area contributed by atoms with Crippen LogP contribution < -0.4 is 4.90 Å². The van der Waals surface area contributed by atoms with Crippen LogP contribution in [0.4, 0.5) is 10.1 Å². The number of anilines is 1. The fourth-order valence-electron chi connectivity index (χ4n) is 3.98. The second-order valence-electron chi connectivity index (χ2n) is 8.23. The molecule has 0 unspecified atom stereocenters. The molecule has 1 fully saturated rings. The summed E-state index contributed by atoms with van der Waals surface area (Å²) in [7, 11) is 0. The molecule has 33 heavy (non-hydrogen) atoms. The number of likely N-dealkylation sites (tertiary alicyclic amines) is 1. The predicted octanol–water partition coefficient (Wildman–Crippen LogP) is 5.24. The molecule has 1 heterocycles. The van der Waals surface area contributed by atoms with Gasteiger partial charge in [0.15, 0.2) is 0 Å². The number of nitrogens with zero attached hydrogens (tertiary/aromatic N) is 2. The van der Waals surface area contributed by atoms with Crippen molar-refractivity contribution in [2.24, 2.45) is 0 Å². The minimum atomic E-state index is -0.338. The Labute approximate surface area is 194 Å². The number of halogens is 1. The molecule has 3 aromatic rings. The van der Waals surface area contributed by atoms with E-state index in [9.17, 15) is 14.0 Å². The maximum absolute atomic E-state index is 13.7. The van der Waals surface area contributed by atoms with Gasteiger partial charge in [-0.25, -0.2) is 4.39 Å². The average molecular weight is 443 g/mol. The molecule has 0 N–H and O–H groups in total. The first-order valence-electron chi connectivity index (χ1n) is 11.2. The van der Waals surface area contributed by atoms with Crippen LogP contribution in [0.5, 0.6) is 0 Å². The fraction of sp³-hybridized carbons (Fsp3) is 0.214. The van der Waals surface area contributed by atoms with Crippen LogP contribution in [0.3, 0.4) is 0 Å². The molecule has 5 heteroatoms. The zero-order valence-electron chi connectivity index (χ0n) is 18.5. The van der Waals surface area contributed by atoms with Gasteiger partial charge in [-0.1, -0.05) is 54.6 Å². The fourth-order valence-corrected chi connectivity index (χ4v) is 3.98. The van der Waals surface area contributed by atoms with Crippen LogP contribution in [0.2, 0.25) is 0 Å².